The molecule has 110 heavy (non-hydrogen) atoms. The maximum atomic E-state index is 2.35. The maximum Gasteiger partial charge on any atom is -0.00106 e. The molecular weight excluding hydrogens is 1320 g/mol. The highest BCUT2D eigenvalue weighted by molar-refractivity contribution is 6.04. The van der Waals surface area contributed by atoms with Crippen LogP contribution < -0.4 is 0 Å². The fourth-order valence-electron chi connectivity index (χ4n) is 15.4. The molecular formula is C110H130. The Morgan fingerprint density at radius 1 is 0.164 bits per heavy atom. The third-order valence-electron chi connectivity index (χ3n) is 19.8. The Morgan fingerprint density at radius 3 is 0.982 bits per heavy atom. The molecule has 0 amide bonds. The van der Waals surface area contributed by atoms with Crippen molar-refractivity contribution in [1.29, 1.82) is 0 Å². The van der Waals surface area contributed by atoms with Crippen LogP contribution in [0.3, 0.4) is 0 Å². The molecule has 20 rings (SSSR count). The van der Waals surface area contributed by atoms with Crippen molar-refractivity contribution >= 4 is 53.9 Å². The van der Waals surface area contributed by atoms with Gasteiger partial charge in [0, 0.05) is 0 Å². The highest BCUT2D eigenvalue weighted by Crippen LogP contribution is 2.46. The first-order valence-electron chi connectivity index (χ1n) is 42.2. The second kappa shape index (κ2) is 44.9. The van der Waals surface area contributed by atoms with E-state index in [0.717, 1.165) is 32.1 Å². The van der Waals surface area contributed by atoms with Gasteiger partial charge in [0.2, 0.25) is 0 Å². The Labute approximate surface area is 666 Å². The van der Waals surface area contributed by atoms with Crippen molar-refractivity contribution in [2.24, 2.45) is 0 Å². The molecule has 0 bridgehead atoms. The standard InChI is InChI=1S/5C18H14.10C2H6/c1-12-5-4-7-14-11-15-10-9-13-6-2-3-8-16(13)18(15)17(12)14;1-12-5-4-8-16-17(12)11-15-9-13-6-2-3-7-14(13)10-18(15)16;1-12-6-9-17-15(10-12)11-14-8-7-13-4-2-3-5-16(13)18(14)17;1-12-6-7-17-15(8-12)10-16-9-13-4-2-3-5-14(13)11-18(16)17;1-12-6-7-14-11-15-9-8-13-4-2-3-5-16(13)18(15)17(14)10-12;10*1-2/h3*2-10H,11H2,1H3;2-9,11H,10H2,1H3;2-10H,11H2,1H3;10*1-2H3. The topological polar surface area (TPSA) is 0 Å². The van der Waals surface area contributed by atoms with Gasteiger partial charge in [-0.25, -0.2) is 0 Å². The molecule has 0 radical (unpaired) electrons. The van der Waals surface area contributed by atoms with E-state index in [1.165, 1.54) is 193 Å². The van der Waals surface area contributed by atoms with Crippen molar-refractivity contribution in [2.75, 3.05) is 0 Å². The summed E-state index contributed by atoms with van der Waals surface area (Å²) >= 11 is 0. The summed E-state index contributed by atoms with van der Waals surface area (Å²) in [4.78, 5) is 0. The van der Waals surface area contributed by atoms with E-state index in [4.69, 9.17) is 0 Å². The summed E-state index contributed by atoms with van der Waals surface area (Å²) in [6.45, 7) is 50.9. The number of hydrogen-bond donors (Lipinski definition) is 0. The number of rotatable bonds is 0. The average molecular weight is 1450 g/mol. The monoisotopic (exact) mass is 1450 g/mol. The lowest BCUT2D eigenvalue weighted by Crippen LogP contribution is -1.84. The summed E-state index contributed by atoms with van der Waals surface area (Å²) in [6, 6.07) is 100.0. The highest BCUT2D eigenvalue weighted by atomic mass is 14.3. The van der Waals surface area contributed by atoms with E-state index in [9.17, 15) is 0 Å². The van der Waals surface area contributed by atoms with Crippen molar-refractivity contribution in [1.82, 2.24) is 0 Å². The summed E-state index contributed by atoms with van der Waals surface area (Å²) in [6.07, 6.45) is 5.41. The fraction of sp³-hybridized carbons (Fsp3) is 0.273. The molecule has 0 nitrogen and oxygen atoms in total. The Hall–Kier alpha value is -10.4. The number of fused-ring (bicyclic) bond motifs is 23. The van der Waals surface area contributed by atoms with Crippen LogP contribution in [0.1, 0.15) is 222 Å². The lowest BCUT2D eigenvalue weighted by molar-refractivity contribution is 1.22. The third kappa shape index (κ3) is 19.8. The zero-order chi connectivity index (χ0) is 80.6. The van der Waals surface area contributed by atoms with E-state index < -0.39 is 0 Å². The molecule has 0 heteroatoms. The molecule has 0 saturated heterocycles. The van der Waals surface area contributed by atoms with Crippen LogP contribution in [0.25, 0.3) is 109 Å². The highest BCUT2D eigenvalue weighted by Gasteiger charge is 2.25. The van der Waals surface area contributed by atoms with Gasteiger partial charge >= 0.3 is 0 Å². The smallest absolute Gasteiger partial charge is 0.00106 e. The van der Waals surface area contributed by atoms with Gasteiger partial charge in [0.25, 0.3) is 0 Å². The summed E-state index contributed by atoms with van der Waals surface area (Å²) in [5.41, 5.74) is 35.9. The predicted octanol–water partition coefficient (Wildman–Crippen LogP) is 33.9. The Balaban J connectivity index is 0.000000203. The van der Waals surface area contributed by atoms with Gasteiger partial charge in [-0.1, -0.05) is 416 Å². The van der Waals surface area contributed by atoms with E-state index in [2.05, 4.69) is 308 Å². The van der Waals surface area contributed by atoms with Gasteiger partial charge in [0.15, 0.2) is 0 Å². The van der Waals surface area contributed by atoms with Gasteiger partial charge in [-0.2, -0.15) is 0 Å². The second-order valence-electron chi connectivity index (χ2n) is 25.8. The lowest BCUT2D eigenvalue weighted by atomic mass is 9.95. The SMILES string of the molecule is CC.CC.CC.CC.CC.CC.CC.CC.CC.CC.Cc1ccc2c(c1)-c1c(ccc3ccccc13)C2.Cc1ccc2c(c1)Cc1cc3ccccc3cc1-2.Cc1ccc2c(c1)Cc1ccc3ccccc3c1-2.Cc1cccc2c1-c1c(ccc3ccccc13)C2.Cc1cccc2c1Cc1cc3ccccc3cc1-2. The fourth-order valence-corrected chi connectivity index (χ4v) is 15.4. The molecule has 570 valence electrons. The van der Waals surface area contributed by atoms with Gasteiger partial charge in [0.1, 0.15) is 0 Å². The minimum Gasteiger partial charge on any atom is -0.0683 e. The number of aryl methyl sites for hydroxylation is 5. The van der Waals surface area contributed by atoms with E-state index >= 15 is 0 Å². The Morgan fingerprint density at radius 2 is 0.482 bits per heavy atom. The van der Waals surface area contributed by atoms with Gasteiger partial charge in [-0.15, -0.1) is 0 Å². The van der Waals surface area contributed by atoms with Crippen LogP contribution in [0.15, 0.2) is 273 Å². The molecule has 0 spiro atoms. The van der Waals surface area contributed by atoms with E-state index in [1.807, 2.05) is 138 Å². The molecule has 0 heterocycles. The quantitative estimate of drug-likeness (QED) is 0.142. The average Bonchev–Trinajstić information content (AvgIpc) is 1.62. The van der Waals surface area contributed by atoms with Crippen molar-refractivity contribution < 1.29 is 0 Å². The van der Waals surface area contributed by atoms with E-state index in [1.54, 1.807) is 0 Å². The molecule has 15 aromatic rings. The molecule has 15 aromatic carbocycles. The Kier molecular flexibility index (Phi) is 36.1. The van der Waals surface area contributed by atoms with Crippen LogP contribution in [-0.4, -0.2) is 0 Å². The first kappa shape index (κ1) is 88.5. The largest absolute Gasteiger partial charge is 0.0683 e. The predicted molar refractivity (Wildman–Crippen MR) is 498 cm³/mol. The molecule has 5 aliphatic rings. The minimum atomic E-state index is 1.08. The van der Waals surface area contributed by atoms with Crippen LogP contribution in [0.4, 0.5) is 0 Å². The van der Waals surface area contributed by atoms with E-state index in [-0.39, 0.29) is 0 Å². The zero-order valence-corrected chi connectivity index (χ0v) is 72.0. The number of benzene rings is 15. The van der Waals surface area contributed by atoms with Gasteiger partial charge in [-0.05, 0) is 255 Å². The molecule has 0 atom stereocenters. The normalized spacial score (nSPS) is 10.8. The van der Waals surface area contributed by atoms with Crippen molar-refractivity contribution in [3.8, 4) is 55.6 Å². The lowest BCUT2D eigenvalue weighted by Gasteiger charge is -2.08. The van der Waals surface area contributed by atoms with Crippen molar-refractivity contribution in [2.45, 2.75) is 205 Å². The van der Waals surface area contributed by atoms with Crippen molar-refractivity contribution in [3.63, 3.8) is 0 Å². The Bertz CT molecular complexity index is 5380. The van der Waals surface area contributed by atoms with Crippen LogP contribution >= 0.6 is 0 Å². The summed E-state index contributed by atoms with van der Waals surface area (Å²) in [5.74, 6) is 0. The van der Waals surface area contributed by atoms with Crippen LogP contribution in [-0.2, 0) is 32.1 Å². The second-order valence-corrected chi connectivity index (χ2v) is 25.8. The minimum absolute atomic E-state index is 1.08. The molecule has 0 unspecified atom stereocenters. The van der Waals surface area contributed by atoms with Crippen LogP contribution in [0.2, 0.25) is 0 Å². The van der Waals surface area contributed by atoms with Crippen LogP contribution in [0.5, 0.6) is 0 Å². The molecule has 0 N–H and O–H groups in total. The molecule has 0 aliphatic heterocycles. The zero-order valence-electron chi connectivity index (χ0n) is 72.0. The molecule has 0 fully saturated rings. The first-order chi connectivity index (χ1) is 54.1. The van der Waals surface area contributed by atoms with Crippen molar-refractivity contribution in [3.05, 3.63) is 356 Å². The molecule has 0 saturated carbocycles. The maximum absolute atomic E-state index is 2.35. The molecule has 0 aromatic heterocycles. The summed E-state index contributed by atoms with van der Waals surface area (Å²) in [7, 11) is 0. The first-order valence-corrected chi connectivity index (χ1v) is 42.2. The third-order valence-corrected chi connectivity index (χ3v) is 19.8. The van der Waals surface area contributed by atoms with Gasteiger partial charge < -0.3 is 0 Å². The van der Waals surface area contributed by atoms with E-state index in [0.29, 0.717) is 0 Å². The number of hydrogen-bond acceptors (Lipinski definition) is 0. The molecule has 5 aliphatic carbocycles. The van der Waals surface area contributed by atoms with Crippen LogP contribution in [0, 0.1) is 34.6 Å². The van der Waals surface area contributed by atoms with Gasteiger partial charge in [0.05, 0.1) is 0 Å². The summed E-state index contributed by atoms with van der Waals surface area (Å²) in [5, 5.41) is 13.6. The summed E-state index contributed by atoms with van der Waals surface area (Å²) < 4.78 is 0. The van der Waals surface area contributed by atoms with Gasteiger partial charge in [-0.3, -0.25) is 0 Å².